The fourth-order valence-electron chi connectivity index (χ4n) is 7.90. The van der Waals surface area contributed by atoms with Crippen molar-refractivity contribution in [3.8, 4) is 0 Å². The number of esters is 2. The van der Waals surface area contributed by atoms with E-state index < -0.39 is 6.10 Å². The highest BCUT2D eigenvalue weighted by atomic mass is 16.6. The Balaban J connectivity index is 3.52. The first-order valence-electron chi connectivity index (χ1n) is 29.1. The molecular weight excluding hydrogens is 861 g/mol. The van der Waals surface area contributed by atoms with Gasteiger partial charge < -0.3 is 14.6 Å². The minimum absolute atomic E-state index is 0.0771. The van der Waals surface area contributed by atoms with Crippen LogP contribution in [-0.2, 0) is 19.1 Å². The molecule has 0 heterocycles. The van der Waals surface area contributed by atoms with Crippen molar-refractivity contribution in [1.29, 1.82) is 0 Å². The number of carbonyl (C=O) groups excluding carboxylic acids is 2. The Kier molecular flexibility index (Phi) is 56.5. The van der Waals surface area contributed by atoms with E-state index in [9.17, 15) is 14.7 Å². The number of rotatable bonds is 52. The number of aliphatic hydroxyl groups excluding tert-OH is 1. The molecule has 0 aliphatic carbocycles. The van der Waals surface area contributed by atoms with Crippen molar-refractivity contribution in [3.05, 3.63) is 122 Å². The van der Waals surface area contributed by atoms with E-state index in [-0.39, 0.29) is 25.2 Å². The normalized spacial score (nSPS) is 13.1. The molecule has 0 aromatic carbocycles. The van der Waals surface area contributed by atoms with E-state index in [0.717, 1.165) is 103 Å². The number of aliphatic hydroxyl groups is 1. The Labute approximate surface area is 433 Å². The monoisotopic (exact) mass is 969 g/mol. The molecule has 0 aliphatic rings. The highest BCUT2D eigenvalue weighted by Crippen LogP contribution is 2.15. The van der Waals surface area contributed by atoms with E-state index in [1.54, 1.807) is 0 Å². The number of unbranched alkanes of at least 4 members (excludes halogenated alkanes) is 24. The van der Waals surface area contributed by atoms with Gasteiger partial charge in [0.15, 0.2) is 6.10 Å². The van der Waals surface area contributed by atoms with Gasteiger partial charge in [0.25, 0.3) is 0 Å². The van der Waals surface area contributed by atoms with Gasteiger partial charge in [0.2, 0.25) is 0 Å². The van der Waals surface area contributed by atoms with Gasteiger partial charge in [-0.15, -0.1) is 0 Å². The summed E-state index contributed by atoms with van der Waals surface area (Å²) in [5.74, 6) is -0.606. The molecule has 5 heteroatoms. The summed E-state index contributed by atoms with van der Waals surface area (Å²) in [5.41, 5.74) is 0. The zero-order valence-electron chi connectivity index (χ0n) is 45.5. The van der Waals surface area contributed by atoms with Gasteiger partial charge in [0.05, 0.1) is 6.61 Å². The molecule has 0 aliphatic heterocycles. The first kappa shape index (κ1) is 66.3. The number of ether oxygens (including phenoxy) is 2. The third-order valence-electron chi connectivity index (χ3n) is 12.2. The van der Waals surface area contributed by atoms with Gasteiger partial charge in [0.1, 0.15) is 6.61 Å². The average Bonchev–Trinajstić information content (AvgIpc) is 3.36. The predicted molar refractivity (Wildman–Crippen MR) is 306 cm³/mol. The zero-order chi connectivity index (χ0) is 50.6. The molecule has 0 aromatic rings. The molecule has 0 rings (SSSR count). The van der Waals surface area contributed by atoms with Gasteiger partial charge in [0, 0.05) is 12.8 Å². The molecule has 0 saturated heterocycles. The average molecular weight is 970 g/mol. The van der Waals surface area contributed by atoms with Crippen molar-refractivity contribution in [2.45, 2.75) is 264 Å². The van der Waals surface area contributed by atoms with E-state index in [1.807, 2.05) is 0 Å². The van der Waals surface area contributed by atoms with Crippen molar-refractivity contribution in [2.75, 3.05) is 13.2 Å². The lowest BCUT2D eigenvalue weighted by molar-refractivity contribution is -0.161. The van der Waals surface area contributed by atoms with E-state index in [0.29, 0.717) is 12.8 Å². The van der Waals surface area contributed by atoms with Gasteiger partial charge in [-0.1, -0.05) is 257 Å². The van der Waals surface area contributed by atoms with Crippen molar-refractivity contribution < 1.29 is 24.2 Å². The minimum atomic E-state index is -0.785. The smallest absolute Gasteiger partial charge is 0.306 e. The highest BCUT2D eigenvalue weighted by Gasteiger charge is 2.16. The van der Waals surface area contributed by atoms with Crippen molar-refractivity contribution in [3.63, 3.8) is 0 Å². The molecular formula is C65H108O5. The molecule has 0 saturated carbocycles. The summed E-state index contributed by atoms with van der Waals surface area (Å²) in [7, 11) is 0. The maximum Gasteiger partial charge on any atom is 0.306 e. The van der Waals surface area contributed by atoms with Crippen molar-refractivity contribution in [1.82, 2.24) is 0 Å². The number of hydrogen-bond donors (Lipinski definition) is 1. The summed E-state index contributed by atoms with van der Waals surface area (Å²) in [4.78, 5) is 24.5. The summed E-state index contributed by atoms with van der Waals surface area (Å²) >= 11 is 0. The minimum Gasteiger partial charge on any atom is -0.462 e. The van der Waals surface area contributed by atoms with E-state index in [1.165, 1.54) is 128 Å². The summed E-state index contributed by atoms with van der Waals surface area (Å²) < 4.78 is 10.7. The molecule has 0 aromatic heterocycles. The second kappa shape index (κ2) is 59.6. The lowest BCUT2D eigenvalue weighted by Crippen LogP contribution is -2.28. The van der Waals surface area contributed by atoms with Gasteiger partial charge in [-0.3, -0.25) is 9.59 Å². The molecule has 1 atom stereocenters. The van der Waals surface area contributed by atoms with Gasteiger partial charge in [-0.2, -0.15) is 0 Å². The number of allylic oxidation sites excluding steroid dienone is 20. The summed E-state index contributed by atoms with van der Waals surface area (Å²) in [6.07, 6.45) is 87.4. The Morgan fingerprint density at radius 2 is 0.614 bits per heavy atom. The quantitative estimate of drug-likeness (QED) is 0.0374. The van der Waals surface area contributed by atoms with Crippen LogP contribution in [0.25, 0.3) is 0 Å². The standard InChI is InChI=1S/C65H108O5/c1-3-5-7-9-11-13-15-17-19-21-23-24-25-26-27-28-29-30-31-32-33-34-35-36-37-38-39-40-42-44-46-48-50-52-54-56-58-60-65(68)70-63(61-66)62-69-64(67)59-57-55-53-51-49-47-45-43-41-22-20-18-16-14-12-10-8-6-4-2/h5,7,11-14,17-20,23-24,26-27,29-30,32-33,41,43,63,66H,3-4,6,8-10,15-16,21-22,25,28,31,34-40,42,44-62H2,1-2H3/b7-5-,13-11-,14-12-,19-17-,20-18-,24-23-,27-26-,30-29-,33-32-,43-41-. The van der Waals surface area contributed by atoms with Gasteiger partial charge >= 0.3 is 11.9 Å². The van der Waals surface area contributed by atoms with Crippen LogP contribution in [0.1, 0.15) is 258 Å². The van der Waals surface area contributed by atoms with Gasteiger partial charge in [-0.25, -0.2) is 0 Å². The molecule has 0 bridgehead atoms. The second-order valence-electron chi connectivity index (χ2n) is 19.0. The lowest BCUT2D eigenvalue weighted by Gasteiger charge is -2.15. The lowest BCUT2D eigenvalue weighted by atomic mass is 10.0. The summed E-state index contributed by atoms with van der Waals surface area (Å²) in [6, 6.07) is 0. The van der Waals surface area contributed by atoms with E-state index >= 15 is 0 Å². The van der Waals surface area contributed by atoms with Crippen LogP contribution in [0.2, 0.25) is 0 Å². The third kappa shape index (κ3) is 56.9. The summed E-state index contributed by atoms with van der Waals surface area (Å²) in [5, 5.41) is 9.65. The van der Waals surface area contributed by atoms with Crippen LogP contribution in [-0.4, -0.2) is 36.4 Å². The molecule has 0 amide bonds. The molecule has 0 spiro atoms. The van der Waals surface area contributed by atoms with Gasteiger partial charge in [-0.05, 0) is 109 Å². The van der Waals surface area contributed by atoms with E-state index in [2.05, 4.69) is 135 Å². The second-order valence-corrected chi connectivity index (χ2v) is 19.0. The maximum absolute atomic E-state index is 12.3. The first-order valence-corrected chi connectivity index (χ1v) is 29.1. The molecule has 1 N–H and O–H groups in total. The van der Waals surface area contributed by atoms with Crippen LogP contribution in [0.4, 0.5) is 0 Å². The van der Waals surface area contributed by atoms with Crippen LogP contribution >= 0.6 is 0 Å². The third-order valence-corrected chi connectivity index (χ3v) is 12.2. The Hall–Kier alpha value is -3.70. The fraction of sp³-hybridized carbons (Fsp3) is 0.662. The van der Waals surface area contributed by atoms with Crippen LogP contribution in [0, 0.1) is 0 Å². The van der Waals surface area contributed by atoms with Crippen LogP contribution in [0.15, 0.2) is 122 Å². The molecule has 0 radical (unpaired) electrons. The van der Waals surface area contributed by atoms with Crippen LogP contribution < -0.4 is 0 Å². The Bertz CT molecular complexity index is 1420. The largest absolute Gasteiger partial charge is 0.462 e. The molecule has 0 fully saturated rings. The molecule has 1 unspecified atom stereocenters. The van der Waals surface area contributed by atoms with Crippen LogP contribution in [0.3, 0.4) is 0 Å². The number of hydrogen-bond acceptors (Lipinski definition) is 5. The first-order chi connectivity index (χ1) is 34.6. The fourth-order valence-corrected chi connectivity index (χ4v) is 7.90. The Morgan fingerprint density at radius 3 is 0.929 bits per heavy atom. The zero-order valence-corrected chi connectivity index (χ0v) is 45.5. The highest BCUT2D eigenvalue weighted by molar-refractivity contribution is 5.70. The van der Waals surface area contributed by atoms with Crippen molar-refractivity contribution >= 4 is 11.9 Å². The molecule has 5 nitrogen and oxygen atoms in total. The summed E-state index contributed by atoms with van der Waals surface area (Å²) in [6.45, 7) is 3.99. The molecule has 70 heavy (non-hydrogen) atoms. The molecule has 398 valence electrons. The Morgan fingerprint density at radius 1 is 0.343 bits per heavy atom. The SMILES string of the molecule is CC/C=C\C/C=C\C/C=C\C/C=C\C/C=C\C/C=C\C/C=C\CCCCCCCCCCCCCCCCCC(=O)OC(CO)COC(=O)CCCCCCCC/C=C\C/C=C\C/C=C\CCCCC. The predicted octanol–water partition coefficient (Wildman–Crippen LogP) is 19.9. The topological polar surface area (TPSA) is 72.8 Å². The van der Waals surface area contributed by atoms with E-state index in [4.69, 9.17) is 9.47 Å². The number of carbonyl (C=O) groups is 2. The maximum atomic E-state index is 12.3. The van der Waals surface area contributed by atoms with Crippen molar-refractivity contribution in [2.24, 2.45) is 0 Å². The van der Waals surface area contributed by atoms with Crippen LogP contribution in [0.5, 0.6) is 0 Å².